The van der Waals surface area contributed by atoms with Gasteiger partial charge in [-0.1, -0.05) is 49.4 Å². The normalized spacial score (nSPS) is 19.7. The van der Waals surface area contributed by atoms with Crippen LogP contribution in [0.4, 0.5) is 5.69 Å². The highest BCUT2D eigenvalue weighted by molar-refractivity contribution is 8.00. The van der Waals surface area contributed by atoms with Crippen LogP contribution < -0.4 is 5.32 Å². The van der Waals surface area contributed by atoms with E-state index in [0.29, 0.717) is 17.0 Å². The van der Waals surface area contributed by atoms with Crippen molar-refractivity contribution in [1.29, 1.82) is 0 Å². The molecule has 0 bridgehead atoms. The van der Waals surface area contributed by atoms with Gasteiger partial charge in [0.2, 0.25) is 0 Å². The Morgan fingerprint density at radius 2 is 1.57 bits per heavy atom. The van der Waals surface area contributed by atoms with E-state index < -0.39 is 10.0 Å². The molecule has 6 nitrogen and oxygen atoms in total. The minimum atomic E-state index is -3.70. The fourth-order valence-electron chi connectivity index (χ4n) is 3.96. The lowest BCUT2D eigenvalue weighted by Gasteiger charge is -2.34. The Labute approximate surface area is 179 Å². The molecule has 0 aliphatic carbocycles. The van der Waals surface area contributed by atoms with Gasteiger partial charge in [0.05, 0.1) is 0 Å². The number of nitrogens with zero attached hydrogens (tertiary/aromatic N) is 3. The fourth-order valence-corrected chi connectivity index (χ4v) is 5.39. The predicted octanol–water partition coefficient (Wildman–Crippen LogP) is 3.41. The summed E-state index contributed by atoms with van der Waals surface area (Å²) < 4.78 is 29.2. The maximum Gasteiger partial charge on any atom is 0.285 e. The summed E-state index contributed by atoms with van der Waals surface area (Å²) in [5.41, 5.74) is 3.38. The zero-order valence-corrected chi connectivity index (χ0v) is 18.3. The van der Waals surface area contributed by atoms with Crippen molar-refractivity contribution in [1.82, 2.24) is 9.80 Å². The monoisotopic (exact) mass is 424 g/mol. The molecule has 4 rings (SSSR count). The van der Waals surface area contributed by atoms with E-state index in [-0.39, 0.29) is 4.91 Å². The van der Waals surface area contributed by atoms with Gasteiger partial charge in [-0.15, -0.1) is 4.40 Å². The number of benzene rings is 2. The molecule has 0 saturated carbocycles. The molecule has 2 heterocycles. The van der Waals surface area contributed by atoms with Crippen LogP contribution in [-0.4, -0.2) is 56.8 Å². The van der Waals surface area contributed by atoms with E-state index in [4.69, 9.17) is 0 Å². The Hall–Kier alpha value is -2.48. The molecule has 2 aliphatic heterocycles. The van der Waals surface area contributed by atoms with Crippen molar-refractivity contribution in [2.24, 2.45) is 4.40 Å². The first kappa shape index (κ1) is 20.8. The summed E-state index contributed by atoms with van der Waals surface area (Å²) in [4.78, 5) is 5.22. The number of piperazine rings is 1. The maximum absolute atomic E-state index is 12.6. The summed E-state index contributed by atoms with van der Waals surface area (Å²) in [6.07, 6.45) is 0. The highest BCUT2D eigenvalue weighted by Gasteiger charge is 2.30. The number of sulfonamides is 1. The van der Waals surface area contributed by atoms with E-state index in [9.17, 15) is 8.42 Å². The summed E-state index contributed by atoms with van der Waals surface area (Å²) in [7, 11) is -3.70. The van der Waals surface area contributed by atoms with Crippen molar-refractivity contribution in [3.63, 3.8) is 0 Å². The lowest BCUT2D eigenvalue weighted by molar-refractivity contribution is 0.132. The third-order valence-corrected chi connectivity index (χ3v) is 7.22. The Kier molecular flexibility index (Phi) is 6.04. The van der Waals surface area contributed by atoms with E-state index >= 15 is 0 Å². The van der Waals surface area contributed by atoms with Crippen LogP contribution >= 0.6 is 0 Å². The number of amidine groups is 1. The lowest BCUT2D eigenvalue weighted by Crippen LogP contribution is -2.45. The van der Waals surface area contributed by atoms with Crippen LogP contribution in [0.25, 0.3) is 4.91 Å². The van der Waals surface area contributed by atoms with Crippen LogP contribution in [0, 0.1) is 0 Å². The summed E-state index contributed by atoms with van der Waals surface area (Å²) in [6.45, 7) is 10.5. The molecule has 0 atom stereocenters. The molecule has 0 unspecified atom stereocenters. The van der Waals surface area contributed by atoms with Crippen LogP contribution in [0.5, 0.6) is 0 Å². The van der Waals surface area contributed by atoms with E-state index in [1.54, 1.807) is 19.1 Å². The second-order valence-electron chi connectivity index (χ2n) is 7.77. The first-order valence-electron chi connectivity index (χ1n) is 10.4. The molecule has 2 aromatic rings. The molecule has 0 radical (unpaired) electrons. The fraction of sp³-hybridized carbons (Fsp3) is 0.348. The molecule has 1 saturated heterocycles. The highest BCUT2D eigenvalue weighted by Crippen LogP contribution is 2.32. The number of anilines is 1. The summed E-state index contributed by atoms with van der Waals surface area (Å²) in [6, 6.07) is 17.3. The van der Waals surface area contributed by atoms with Crippen LogP contribution in [0.15, 0.2) is 64.6 Å². The Balaban J connectivity index is 1.44. The van der Waals surface area contributed by atoms with Crippen LogP contribution in [0.1, 0.15) is 25.0 Å². The third kappa shape index (κ3) is 4.48. The standard InChI is InChI=1S/C23H28N4O2S/c1-3-26-13-15-27(16-14-26)17-19-9-11-21(12-10-19)24-23-18(2)22(30(28,29)25-23)20-7-5-4-6-8-20/h4-12H,3,13-17H2,1-2H3,(H,24,25). The van der Waals surface area contributed by atoms with Gasteiger partial charge in [0.15, 0.2) is 0 Å². The molecule has 30 heavy (non-hydrogen) atoms. The molecular formula is C23H28N4O2S. The number of likely N-dealkylation sites (N-methyl/N-ethyl adjacent to an activating group) is 1. The van der Waals surface area contributed by atoms with Gasteiger partial charge in [-0.05, 0) is 36.7 Å². The van der Waals surface area contributed by atoms with E-state index in [0.717, 1.165) is 45.0 Å². The molecule has 2 aliphatic rings. The topological polar surface area (TPSA) is 65.0 Å². The van der Waals surface area contributed by atoms with Gasteiger partial charge in [-0.2, -0.15) is 8.42 Å². The van der Waals surface area contributed by atoms with Crippen molar-refractivity contribution < 1.29 is 8.42 Å². The van der Waals surface area contributed by atoms with Crippen molar-refractivity contribution in [2.75, 3.05) is 38.0 Å². The Bertz CT molecular complexity index is 1050. The predicted molar refractivity (Wildman–Crippen MR) is 123 cm³/mol. The van der Waals surface area contributed by atoms with Gasteiger partial charge in [0.25, 0.3) is 10.0 Å². The van der Waals surface area contributed by atoms with Gasteiger partial charge in [0.1, 0.15) is 10.7 Å². The highest BCUT2D eigenvalue weighted by atomic mass is 32.2. The molecule has 0 amide bonds. The molecular weight excluding hydrogens is 396 g/mol. The SMILES string of the molecule is CCN1CCN(Cc2ccc(NC3=NS(=O)(=O)C(c4ccccc4)=C3C)cc2)CC1. The number of hydrogen-bond acceptors (Lipinski definition) is 5. The quantitative estimate of drug-likeness (QED) is 0.797. The lowest BCUT2D eigenvalue weighted by atomic mass is 10.1. The smallest absolute Gasteiger partial charge is 0.285 e. The first-order valence-corrected chi connectivity index (χ1v) is 11.8. The zero-order valence-electron chi connectivity index (χ0n) is 17.5. The van der Waals surface area contributed by atoms with Gasteiger partial charge >= 0.3 is 0 Å². The van der Waals surface area contributed by atoms with Crippen LogP contribution in [-0.2, 0) is 16.6 Å². The molecule has 7 heteroatoms. The average molecular weight is 425 g/mol. The number of rotatable bonds is 5. The van der Waals surface area contributed by atoms with Crippen molar-refractivity contribution in [2.45, 2.75) is 20.4 Å². The molecule has 0 spiro atoms. The third-order valence-electron chi connectivity index (χ3n) is 5.74. The number of hydrogen-bond donors (Lipinski definition) is 1. The van der Waals surface area contributed by atoms with Crippen LogP contribution in [0.3, 0.4) is 0 Å². The molecule has 2 aromatic carbocycles. The largest absolute Gasteiger partial charge is 0.339 e. The minimum Gasteiger partial charge on any atom is -0.339 e. The van der Waals surface area contributed by atoms with Gasteiger partial charge in [-0.3, -0.25) is 4.90 Å². The van der Waals surface area contributed by atoms with E-state index in [1.807, 2.05) is 30.3 Å². The second kappa shape index (κ2) is 8.71. The minimum absolute atomic E-state index is 0.272. The van der Waals surface area contributed by atoms with E-state index in [2.05, 4.69) is 38.6 Å². The molecule has 1 fully saturated rings. The van der Waals surface area contributed by atoms with Gasteiger partial charge < -0.3 is 10.2 Å². The molecule has 158 valence electrons. The Morgan fingerprint density at radius 1 is 0.933 bits per heavy atom. The zero-order chi connectivity index (χ0) is 21.1. The van der Waals surface area contributed by atoms with Crippen molar-refractivity contribution >= 4 is 26.5 Å². The van der Waals surface area contributed by atoms with Gasteiger partial charge in [-0.25, -0.2) is 0 Å². The van der Waals surface area contributed by atoms with Crippen LogP contribution in [0.2, 0.25) is 0 Å². The second-order valence-corrected chi connectivity index (χ2v) is 9.31. The summed E-state index contributed by atoms with van der Waals surface area (Å²) in [5.74, 6) is 0.386. The van der Waals surface area contributed by atoms with E-state index in [1.165, 1.54) is 5.56 Å². The number of nitrogens with one attached hydrogen (secondary N) is 1. The summed E-state index contributed by atoms with van der Waals surface area (Å²) >= 11 is 0. The molecule has 1 N–H and O–H groups in total. The van der Waals surface area contributed by atoms with Crippen molar-refractivity contribution in [3.8, 4) is 0 Å². The summed E-state index contributed by atoms with van der Waals surface area (Å²) in [5, 5.41) is 3.18. The maximum atomic E-state index is 12.6. The van der Waals surface area contributed by atoms with Crippen molar-refractivity contribution in [3.05, 3.63) is 71.3 Å². The first-order chi connectivity index (χ1) is 14.5. The molecule has 0 aromatic heterocycles. The average Bonchev–Trinajstić information content (AvgIpc) is 2.98. The Morgan fingerprint density at radius 3 is 2.20 bits per heavy atom. The van der Waals surface area contributed by atoms with Gasteiger partial charge in [0, 0.05) is 44.0 Å².